The van der Waals surface area contributed by atoms with E-state index in [9.17, 15) is 4.79 Å². The van der Waals surface area contributed by atoms with Crippen molar-refractivity contribution < 1.29 is 9.90 Å². The van der Waals surface area contributed by atoms with Gasteiger partial charge in [0.25, 0.3) is 0 Å². The summed E-state index contributed by atoms with van der Waals surface area (Å²) in [6.45, 7) is 2.73. The molecule has 2 heterocycles. The number of nitrogens with zero attached hydrogens (tertiary/aromatic N) is 2. The third-order valence-electron chi connectivity index (χ3n) is 2.26. The zero-order valence-electron chi connectivity index (χ0n) is 8.88. The number of carbonyl (C=O) groups is 1. The molecule has 0 atom stereocenters. The van der Waals surface area contributed by atoms with Gasteiger partial charge in [-0.2, -0.15) is 5.10 Å². The Morgan fingerprint density at radius 3 is 3.00 bits per heavy atom. The molecule has 0 radical (unpaired) electrons. The lowest BCUT2D eigenvalue weighted by molar-refractivity contribution is -0.136. The highest BCUT2D eigenvalue weighted by atomic mass is 32.1. The fourth-order valence-corrected chi connectivity index (χ4v) is 2.28. The highest BCUT2D eigenvalue weighted by molar-refractivity contribution is 7.13. The Balaban J connectivity index is 2.42. The number of hydrogen-bond donors (Lipinski definition) is 1. The van der Waals surface area contributed by atoms with Crippen LogP contribution in [-0.4, -0.2) is 20.9 Å². The fraction of sp³-hybridized carbons (Fsp3) is 0.273. The summed E-state index contributed by atoms with van der Waals surface area (Å²) in [4.78, 5) is 11.8. The summed E-state index contributed by atoms with van der Waals surface area (Å²) in [5, 5.41) is 15.2. The molecule has 0 aliphatic heterocycles. The summed E-state index contributed by atoms with van der Waals surface area (Å²) < 4.78 is 1.77. The van der Waals surface area contributed by atoms with Crippen LogP contribution in [0, 0.1) is 0 Å². The second kappa shape index (κ2) is 4.49. The zero-order chi connectivity index (χ0) is 11.5. The summed E-state index contributed by atoms with van der Waals surface area (Å²) in [5.74, 6) is -0.826. The molecular weight excluding hydrogens is 224 g/mol. The molecule has 0 aliphatic carbocycles. The number of rotatable bonds is 4. The van der Waals surface area contributed by atoms with Crippen LogP contribution in [0.4, 0.5) is 0 Å². The second-order valence-electron chi connectivity index (χ2n) is 3.41. The molecule has 4 nitrogen and oxygen atoms in total. The van der Waals surface area contributed by atoms with Crippen LogP contribution in [0.1, 0.15) is 12.5 Å². The number of carboxylic acids is 1. The van der Waals surface area contributed by atoms with E-state index in [4.69, 9.17) is 5.11 Å². The van der Waals surface area contributed by atoms with Crippen LogP contribution in [0.5, 0.6) is 0 Å². The number of carboxylic acid groups (broad SMARTS) is 1. The Hall–Kier alpha value is -1.62. The lowest BCUT2D eigenvalue weighted by Gasteiger charge is -1.95. The van der Waals surface area contributed by atoms with E-state index < -0.39 is 5.97 Å². The van der Waals surface area contributed by atoms with Crippen LogP contribution in [0.25, 0.3) is 10.6 Å². The largest absolute Gasteiger partial charge is 0.481 e. The first-order chi connectivity index (χ1) is 7.70. The lowest BCUT2D eigenvalue weighted by atomic mass is 10.1. The molecular formula is C11H12N2O2S. The molecule has 0 aromatic carbocycles. The van der Waals surface area contributed by atoms with Gasteiger partial charge in [0.15, 0.2) is 0 Å². The molecule has 0 unspecified atom stereocenters. The molecule has 5 heteroatoms. The van der Waals surface area contributed by atoms with Gasteiger partial charge < -0.3 is 5.11 Å². The van der Waals surface area contributed by atoms with Gasteiger partial charge >= 0.3 is 5.97 Å². The summed E-state index contributed by atoms with van der Waals surface area (Å²) in [7, 11) is 0. The van der Waals surface area contributed by atoms with Gasteiger partial charge in [0, 0.05) is 18.3 Å². The quantitative estimate of drug-likeness (QED) is 0.885. The Morgan fingerprint density at radius 1 is 1.62 bits per heavy atom. The smallest absolute Gasteiger partial charge is 0.307 e. The molecule has 2 aromatic heterocycles. The standard InChI is InChI=1S/C11H12N2O2S/c1-2-13-7-8(6-10(14)15)11(12-13)9-4-3-5-16-9/h3-5,7H,2,6H2,1H3,(H,14,15). The average Bonchev–Trinajstić information content (AvgIpc) is 2.84. The molecule has 0 amide bonds. The van der Waals surface area contributed by atoms with Crippen molar-refractivity contribution in [2.75, 3.05) is 0 Å². The van der Waals surface area contributed by atoms with Gasteiger partial charge in [0.2, 0.25) is 0 Å². The van der Waals surface area contributed by atoms with Gasteiger partial charge in [0.1, 0.15) is 5.69 Å². The van der Waals surface area contributed by atoms with Gasteiger partial charge in [-0.25, -0.2) is 0 Å². The Bertz CT molecular complexity index is 488. The number of hydrogen-bond acceptors (Lipinski definition) is 3. The first-order valence-electron chi connectivity index (χ1n) is 5.02. The third-order valence-corrected chi connectivity index (χ3v) is 3.13. The maximum Gasteiger partial charge on any atom is 0.307 e. The topological polar surface area (TPSA) is 55.1 Å². The molecule has 16 heavy (non-hydrogen) atoms. The van der Waals surface area contributed by atoms with E-state index in [0.717, 1.165) is 22.7 Å². The Kier molecular flexibility index (Phi) is 3.05. The number of aliphatic carboxylic acids is 1. The van der Waals surface area contributed by atoms with Crippen LogP contribution in [0.15, 0.2) is 23.7 Å². The SMILES string of the molecule is CCn1cc(CC(=O)O)c(-c2cccs2)n1. The van der Waals surface area contributed by atoms with Crippen LogP contribution in [-0.2, 0) is 17.8 Å². The normalized spacial score (nSPS) is 10.6. The van der Waals surface area contributed by atoms with Crippen LogP contribution in [0.2, 0.25) is 0 Å². The van der Waals surface area contributed by atoms with Crippen molar-refractivity contribution in [3.63, 3.8) is 0 Å². The molecule has 2 aromatic rings. The predicted molar refractivity (Wildman–Crippen MR) is 62.6 cm³/mol. The van der Waals surface area contributed by atoms with E-state index in [1.165, 1.54) is 0 Å². The highest BCUT2D eigenvalue weighted by Crippen LogP contribution is 2.26. The average molecular weight is 236 g/mol. The molecule has 0 saturated carbocycles. The number of aromatic nitrogens is 2. The van der Waals surface area contributed by atoms with Crippen molar-refractivity contribution in [2.24, 2.45) is 0 Å². The van der Waals surface area contributed by atoms with Crippen molar-refractivity contribution in [3.05, 3.63) is 29.3 Å². The van der Waals surface area contributed by atoms with Crippen molar-refractivity contribution in [1.29, 1.82) is 0 Å². The van der Waals surface area contributed by atoms with E-state index in [2.05, 4.69) is 5.10 Å². The van der Waals surface area contributed by atoms with Crippen LogP contribution >= 0.6 is 11.3 Å². The van der Waals surface area contributed by atoms with Crippen molar-refractivity contribution in [3.8, 4) is 10.6 Å². The van der Waals surface area contributed by atoms with Crippen LogP contribution in [0.3, 0.4) is 0 Å². The maximum absolute atomic E-state index is 10.8. The molecule has 0 saturated heterocycles. The Labute approximate surface area is 97.2 Å². The van der Waals surface area contributed by atoms with E-state index >= 15 is 0 Å². The Morgan fingerprint density at radius 2 is 2.44 bits per heavy atom. The monoisotopic (exact) mass is 236 g/mol. The molecule has 2 rings (SSSR count). The summed E-state index contributed by atoms with van der Waals surface area (Å²) >= 11 is 1.57. The summed E-state index contributed by atoms with van der Waals surface area (Å²) in [6.07, 6.45) is 1.83. The fourth-order valence-electron chi connectivity index (χ4n) is 1.54. The van der Waals surface area contributed by atoms with Crippen LogP contribution < -0.4 is 0 Å². The van der Waals surface area contributed by atoms with Gasteiger partial charge in [-0.3, -0.25) is 9.48 Å². The number of aryl methyl sites for hydroxylation is 1. The van der Waals surface area contributed by atoms with Crippen molar-refractivity contribution >= 4 is 17.3 Å². The van der Waals surface area contributed by atoms with Gasteiger partial charge in [-0.1, -0.05) is 6.07 Å². The van der Waals surface area contributed by atoms with Gasteiger partial charge in [0.05, 0.1) is 11.3 Å². The van der Waals surface area contributed by atoms with Gasteiger partial charge in [-0.15, -0.1) is 11.3 Å². The first kappa shape index (κ1) is 10.9. The van der Waals surface area contributed by atoms with Crippen molar-refractivity contribution in [1.82, 2.24) is 9.78 Å². The second-order valence-corrected chi connectivity index (χ2v) is 4.35. The van der Waals surface area contributed by atoms with Gasteiger partial charge in [-0.05, 0) is 18.4 Å². The molecule has 0 bridgehead atoms. The van der Waals surface area contributed by atoms with E-state index in [1.807, 2.05) is 30.6 Å². The van der Waals surface area contributed by atoms with E-state index in [1.54, 1.807) is 16.0 Å². The molecule has 0 spiro atoms. The van der Waals surface area contributed by atoms with E-state index in [0.29, 0.717) is 0 Å². The van der Waals surface area contributed by atoms with Crippen molar-refractivity contribution in [2.45, 2.75) is 19.9 Å². The highest BCUT2D eigenvalue weighted by Gasteiger charge is 2.14. The van der Waals surface area contributed by atoms with E-state index in [-0.39, 0.29) is 6.42 Å². The first-order valence-corrected chi connectivity index (χ1v) is 5.90. The predicted octanol–water partition coefficient (Wildman–Crippen LogP) is 2.26. The molecule has 84 valence electrons. The molecule has 0 aliphatic rings. The number of thiophene rings is 1. The summed E-state index contributed by atoms with van der Waals surface area (Å²) in [5.41, 5.74) is 1.57. The summed E-state index contributed by atoms with van der Waals surface area (Å²) in [6, 6.07) is 3.90. The lowest BCUT2D eigenvalue weighted by Crippen LogP contribution is -2.00. The zero-order valence-corrected chi connectivity index (χ0v) is 9.70. The molecule has 1 N–H and O–H groups in total. The minimum absolute atomic E-state index is 0.0211. The maximum atomic E-state index is 10.8. The minimum atomic E-state index is -0.826. The molecule has 0 fully saturated rings. The minimum Gasteiger partial charge on any atom is -0.481 e. The third kappa shape index (κ3) is 2.14.